The Balaban J connectivity index is 2.51. The third kappa shape index (κ3) is 2.34. The predicted octanol–water partition coefficient (Wildman–Crippen LogP) is 2.62. The number of nitrogens with zero attached hydrogens (tertiary/aromatic N) is 2. The first-order chi connectivity index (χ1) is 8.63. The molecule has 1 N–H and O–H groups in total. The van der Waals surface area contributed by atoms with Crippen molar-refractivity contribution >= 4 is 17.3 Å². The Morgan fingerprint density at radius 1 is 1.56 bits per heavy atom. The Hall–Kier alpha value is -1.92. The van der Waals surface area contributed by atoms with E-state index in [0.29, 0.717) is 12.2 Å². The summed E-state index contributed by atoms with van der Waals surface area (Å²) >= 11 is 5.97. The molecule has 0 aliphatic heterocycles. The zero-order valence-electron chi connectivity index (χ0n) is 9.51. The highest BCUT2D eigenvalue weighted by atomic mass is 35.5. The highest BCUT2D eigenvalue weighted by Gasteiger charge is 2.22. The molecule has 1 aromatic heterocycles. The van der Waals surface area contributed by atoms with Crippen LogP contribution in [0.25, 0.3) is 11.5 Å². The van der Waals surface area contributed by atoms with Crippen molar-refractivity contribution in [2.24, 2.45) is 0 Å². The molecule has 94 valence electrons. The van der Waals surface area contributed by atoms with Gasteiger partial charge in [-0.25, -0.2) is 4.98 Å². The molecule has 0 unspecified atom stereocenters. The van der Waals surface area contributed by atoms with Gasteiger partial charge in [0.25, 0.3) is 5.69 Å². The van der Waals surface area contributed by atoms with Crippen molar-refractivity contribution in [2.45, 2.75) is 6.54 Å². The number of benzene rings is 1. The summed E-state index contributed by atoms with van der Waals surface area (Å²) in [6.07, 6.45) is 1.44. The van der Waals surface area contributed by atoms with E-state index in [2.05, 4.69) is 10.3 Å². The Labute approximate surface area is 108 Å². The van der Waals surface area contributed by atoms with Crippen LogP contribution in [0.15, 0.2) is 28.9 Å². The van der Waals surface area contributed by atoms with Crippen molar-refractivity contribution < 1.29 is 9.34 Å². The maximum Gasteiger partial charge on any atom is 0.283 e. The zero-order chi connectivity index (χ0) is 13.1. The number of nitrogens with one attached hydrogen (secondary N) is 1. The molecule has 0 amide bonds. The maximum absolute atomic E-state index is 10.9. The van der Waals surface area contributed by atoms with Crippen LogP contribution < -0.4 is 5.32 Å². The molecule has 18 heavy (non-hydrogen) atoms. The van der Waals surface area contributed by atoms with Crippen molar-refractivity contribution in [3.05, 3.63) is 45.3 Å². The molecular formula is C11H10ClN3O3. The van der Waals surface area contributed by atoms with E-state index in [0.717, 1.165) is 0 Å². The van der Waals surface area contributed by atoms with Gasteiger partial charge in [0, 0.05) is 12.6 Å². The van der Waals surface area contributed by atoms with Crippen LogP contribution in [-0.2, 0) is 6.54 Å². The molecule has 6 nitrogen and oxygen atoms in total. The molecule has 0 bridgehead atoms. The molecule has 0 aliphatic rings. The minimum absolute atomic E-state index is 0.125. The largest absolute Gasteiger partial charge is 0.444 e. The van der Waals surface area contributed by atoms with Crippen molar-refractivity contribution in [1.82, 2.24) is 10.3 Å². The summed E-state index contributed by atoms with van der Waals surface area (Å²) in [7, 11) is 1.77. The van der Waals surface area contributed by atoms with Crippen LogP contribution in [0, 0.1) is 10.1 Å². The normalized spacial score (nSPS) is 10.6. The van der Waals surface area contributed by atoms with Gasteiger partial charge in [-0.3, -0.25) is 10.1 Å². The van der Waals surface area contributed by atoms with Gasteiger partial charge in [-0.15, -0.1) is 0 Å². The second kappa shape index (κ2) is 5.16. The lowest BCUT2D eigenvalue weighted by atomic mass is 10.2. The average molecular weight is 268 g/mol. The highest BCUT2D eigenvalue weighted by molar-refractivity contribution is 6.33. The molecule has 0 fully saturated rings. The van der Waals surface area contributed by atoms with Gasteiger partial charge >= 0.3 is 0 Å². The monoisotopic (exact) mass is 267 g/mol. The van der Waals surface area contributed by atoms with Gasteiger partial charge in [-0.1, -0.05) is 17.7 Å². The van der Waals surface area contributed by atoms with E-state index >= 15 is 0 Å². The van der Waals surface area contributed by atoms with Crippen molar-refractivity contribution in [2.75, 3.05) is 7.05 Å². The summed E-state index contributed by atoms with van der Waals surface area (Å²) in [5, 5.41) is 14.1. The number of hydrogen-bond acceptors (Lipinski definition) is 5. The van der Waals surface area contributed by atoms with Gasteiger partial charge in [-0.2, -0.15) is 0 Å². The van der Waals surface area contributed by atoms with E-state index in [1.807, 2.05) is 0 Å². The van der Waals surface area contributed by atoms with E-state index < -0.39 is 4.92 Å². The molecule has 0 saturated carbocycles. The fourth-order valence-electron chi connectivity index (χ4n) is 1.56. The summed E-state index contributed by atoms with van der Waals surface area (Å²) in [6, 6.07) is 4.44. The molecule has 0 spiro atoms. The summed E-state index contributed by atoms with van der Waals surface area (Å²) in [5.74, 6) is 0.151. The number of aromatic nitrogens is 1. The molecule has 2 aromatic rings. The molecule has 0 atom stereocenters. The molecule has 0 radical (unpaired) electrons. The van der Waals surface area contributed by atoms with Gasteiger partial charge in [0.05, 0.1) is 15.6 Å². The lowest BCUT2D eigenvalue weighted by Crippen LogP contribution is -2.05. The average Bonchev–Trinajstić information content (AvgIpc) is 2.77. The smallest absolute Gasteiger partial charge is 0.283 e. The van der Waals surface area contributed by atoms with Crippen LogP contribution in [-0.4, -0.2) is 17.0 Å². The Morgan fingerprint density at radius 3 is 3.00 bits per heavy atom. The third-order valence-corrected chi connectivity index (χ3v) is 2.63. The first-order valence-electron chi connectivity index (χ1n) is 5.15. The van der Waals surface area contributed by atoms with Gasteiger partial charge in [0.2, 0.25) is 5.89 Å². The van der Waals surface area contributed by atoms with Crippen LogP contribution in [0.4, 0.5) is 5.69 Å². The third-order valence-electron chi connectivity index (χ3n) is 2.31. The second-order valence-electron chi connectivity index (χ2n) is 3.57. The standard InChI is InChI=1S/C11H10ClN3O3/c1-13-5-7-6-18-11(14-7)10-8(12)3-2-4-9(10)15(16)17/h2-4,6,13H,5H2,1H3. The first-order valence-corrected chi connectivity index (χ1v) is 5.53. The van der Waals surface area contributed by atoms with Gasteiger partial charge < -0.3 is 9.73 Å². The molecule has 1 heterocycles. The molecular weight excluding hydrogens is 258 g/mol. The molecule has 1 aromatic carbocycles. The van der Waals surface area contributed by atoms with Crippen LogP contribution in [0.1, 0.15) is 5.69 Å². The number of hydrogen-bond donors (Lipinski definition) is 1. The van der Waals surface area contributed by atoms with Crippen LogP contribution in [0.3, 0.4) is 0 Å². The summed E-state index contributed by atoms with van der Waals surface area (Å²) < 4.78 is 5.23. The van der Waals surface area contributed by atoms with Crippen LogP contribution in [0.2, 0.25) is 5.02 Å². The lowest BCUT2D eigenvalue weighted by molar-refractivity contribution is -0.384. The fourth-order valence-corrected chi connectivity index (χ4v) is 1.81. The predicted molar refractivity (Wildman–Crippen MR) is 66.4 cm³/mol. The summed E-state index contributed by atoms with van der Waals surface area (Å²) in [4.78, 5) is 14.6. The number of halogens is 1. The van der Waals surface area contributed by atoms with E-state index in [9.17, 15) is 10.1 Å². The summed E-state index contributed by atoms with van der Waals surface area (Å²) in [5.41, 5.74) is 0.730. The number of rotatable bonds is 4. The number of oxazole rings is 1. The SMILES string of the molecule is CNCc1coc(-c2c(Cl)cccc2[N+](=O)[O-])n1. The van der Waals surface area contributed by atoms with Crippen molar-refractivity contribution in [1.29, 1.82) is 0 Å². The number of nitro benzene ring substituents is 1. The topological polar surface area (TPSA) is 81.2 Å². The summed E-state index contributed by atoms with van der Waals surface area (Å²) in [6.45, 7) is 0.516. The van der Waals surface area contributed by atoms with Crippen LogP contribution >= 0.6 is 11.6 Å². The van der Waals surface area contributed by atoms with E-state index in [4.69, 9.17) is 16.0 Å². The van der Waals surface area contributed by atoms with E-state index in [1.54, 1.807) is 13.1 Å². The molecule has 0 saturated heterocycles. The van der Waals surface area contributed by atoms with Gasteiger partial charge in [-0.05, 0) is 13.1 Å². The highest BCUT2D eigenvalue weighted by Crippen LogP contribution is 2.35. The quantitative estimate of drug-likeness (QED) is 0.680. The Morgan fingerprint density at radius 2 is 2.33 bits per heavy atom. The van der Waals surface area contributed by atoms with E-state index in [1.165, 1.54) is 18.4 Å². The van der Waals surface area contributed by atoms with Crippen molar-refractivity contribution in [3.63, 3.8) is 0 Å². The number of nitro groups is 1. The first kappa shape index (κ1) is 12.5. The van der Waals surface area contributed by atoms with Gasteiger partial charge in [0.1, 0.15) is 11.8 Å². The van der Waals surface area contributed by atoms with Gasteiger partial charge in [0.15, 0.2) is 0 Å². The minimum atomic E-state index is -0.511. The molecule has 7 heteroatoms. The Bertz CT molecular complexity index is 583. The fraction of sp³-hybridized carbons (Fsp3) is 0.182. The van der Waals surface area contributed by atoms with Crippen molar-refractivity contribution in [3.8, 4) is 11.5 Å². The molecule has 0 aliphatic carbocycles. The van der Waals surface area contributed by atoms with Crippen LogP contribution in [0.5, 0.6) is 0 Å². The maximum atomic E-state index is 10.9. The van der Waals surface area contributed by atoms with E-state index in [-0.39, 0.29) is 22.2 Å². The molecule has 2 rings (SSSR count). The zero-order valence-corrected chi connectivity index (χ0v) is 10.3. The Kier molecular flexibility index (Phi) is 3.59. The lowest BCUT2D eigenvalue weighted by Gasteiger charge is -2.00. The minimum Gasteiger partial charge on any atom is -0.444 e. The second-order valence-corrected chi connectivity index (χ2v) is 3.97.